The fraction of sp³-hybridized carbons (Fsp3) is 0.692. The molecule has 5 heteroatoms. The van der Waals surface area contributed by atoms with E-state index in [2.05, 4.69) is 33.8 Å². The first-order valence-electron chi connectivity index (χ1n) is 6.30. The van der Waals surface area contributed by atoms with Gasteiger partial charge in [0.15, 0.2) is 0 Å². The van der Waals surface area contributed by atoms with Gasteiger partial charge in [-0.1, -0.05) is 29.3 Å². The van der Waals surface area contributed by atoms with Crippen molar-refractivity contribution in [3.8, 4) is 0 Å². The van der Waals surface area contributed by atoms with Crippen molar-refractivity contribution in [3.63, 3.8) is 0 Å². The molecular weight excluding hydrogens is 270 g/mol. The van der Waals surface area contributed by atoms with Crippen LogP contribution in [0.5, 0.6) is 0 Å². The lowest BCUT2D eigenvalue weighted by Gasteiger charge is -2.32. The predicted molar refractivity (Wildman–Crippen MR) is 76.7 cm³/mol. The standard InChI is InChI=1S/C13H19BCl2O2/c1-12(2)13(3,4)18-14(17-12)10-7-5-9(6-8-10)11(15)16/h7H,5-6,8H2,1-4H3. The van der Waals surface area contributed by atoms with Crippen molar-refractivity contribution < 1.29 is 9.31 Å². The number of allylic oxidation sites excluding steroid dienone is 3. The highest BCUT2D eigenvalue weighted by molar-refractivity contribution is 6.56. The topological polar surface area (TPSA) is 18.5 Å². The van der Waals surface area contributed by atoms with Gasteiger partial charge in [-0.25, -0.2) is 0 Å². The van der Waals surface area contributed by atoms with E-state index >= 15 is 0 Å². The lowest BCUT2D eigenvalue weighted by molar-refractivity contribution is 0.00578. The van der Waals surface area contributed by atoms with Crippen LogP contribution in [0, 0.1) is 0 Å². The van der Waals surface area contributed by atoms with Gasteiger partial charge >= 0.3 is 7.12 Å². The SMILES string of the molecule is CC1(C)OB(C2=CCC(=C(Cl)Cl)CC2)OC1(C)C. The average Bonchev–Trinajstić information content (AvgIpc) is 2.48. The fourth-order valence-corrected chi connectivity index (χ4v) is 2.48. The van der Waals surface area contributed by atoms with Crippen molar-refractivity contribution in [2.45, 2.75) is 58.2 Å². The van der Waals surface area contributed by atoms with Crippen LogP contribution in [0.4, 0.5) is 0 Å². The second-order valence-corrected chi connectivity index (χ2v) is 6.88. The minimum atomic E-state index is -0.279. The molecule has 2 nitrogen and oxygen atoms in total. The first-order chi connectivity index (χ1) is 8.23. The third-order valence-electron chi connectivity index (χ3n) is 4.15. The smallest absolute Gasteiger partial charge is 0.400 e. The highest BCUT2D eigenvalue weighted by Gasteiger charge is 2.52. The van der Waals surface area contributed by atoms with Crippen molar-refractivity contribution >= 4 is 30.3 Å². The first kappa shape index (κ1) is 14.5. The summed E-state index contributed by atoms with van der Waals surface area (Å²) in [5.41, 5.74) is 1.74. The lowest BCUT2D eigenvalue weighted by atomic mass is 9.72. The fourth-order valence-electron chi connectivity index (χ4n) is 2.13. The van der Waals surface area contributed by atoms with Gasteiger partial charge in [-0.05, 0) is 58.0 Å². The van der Waals surface area contributed by atoms with E-state index in [1.165, 1.54) is 5.47 Å². The molecule has 0 aromatic carbocycles. The number of hydrogen-bond acceptors (Lipinski definition) is 2. The molecular formula is C13H19BCl2O2. The van der Waals surface area contributed by atoms with Crippen molar-refractivity contribution in [1.82, 2.24) is 0 Å². The van der Waals surface area contributed by atoms with E-state index in [1.807, 2.05) is 0 Å². The number of halogens is 2. The van der Waals surface area contributed by atoms with E-state index in [1.54, 1.807) is 0 Å². The van der Waals surface area contributed by atoms with Gasteiger partial charge in [0.25, 0.3) is 0 Å². The van der Waals surface area contributed by atoms with Gasteiger partial charge in [-0.2, -0.15) is 0 Å². The van der Waals surface area contributed by atoms with Crippen molar-refractivity contribution in [2.24, 2.45) is 0 Å². The van der Waals surface area contributed by atoms with E-state index in [4.69, 9.17) is 32.5 Å². The summed E-state index contributed by atoms with van der Waals surface area (Å²) in [6.07, 6.45) is 4.71. The van der Waals surface area contributed by atoms with E-state index in [9.17, 15) is 0 Å². The predicted octanol–water partition coefficient (Wildman–Crippen LogP) is 4.42. The van der Waals surface area contributed by atoms with Crippen LogP contribution < -0.4 is 0 Å². The lowest BCUT2D eigenvalue weighted by Crippen LogP contribution is -2.41. The second-order valence-electron chi connectivity index (χ2n) is 5.94. The quantitative estimate of drug-likeness (QED) is 0.665. The van der Waals surface area contributed by atoms with Gasteiger partial charge in [-0.15, -0.1) is 0 Å². The van der Waals surface area contributed by atoms with E-state index in [0.29, 0.717) is 4.49 Å². The highest BCUT2D eigenvalue weighted by Crippen LogP contribution is 2.41. The minimum absolute atomic E-state index is 0.231. The molecule has 0 aromatic rings. The number of rotatable bonds is 1. The Labute approximate surface area is 119 Å². The molecule has 100 valence electrons. The van der Waals surface area contributed by atoms with E-state index in [0.717, 1.165) is 24.8 Å². The zero-order chi connectivity index (χ0) is 13.6. The van der Waals surface area contributed by atoms with Crippen LogP contribution in [-0.2, 0) is 9.31 Å². The second kappa shape index (κ2) is 4.86. The molecule has 0 atom stereocenters. The number of hydrogen-bond donors (Lipinski definition) is 0. The summed E-state index contributed by atoms with van der Waals surface area (Å²) in [6, 6.07) is 0. The molecule has 0 amide bonds. The summed E-state index contributed by atoms with van der Waals surface area (Å²) in [7, 11) is -0.231. The van der Waals surface area contributed by atoms with Gasteiger partial charge in [0.05, 0.1) is 11.2 Å². The molecule has 0 radical (unpaired) electrons. The molecule has 0 bridgehead atoms. The Morgan fingerprint density at radius 3 is 2.06 bits per heavy atom. The molecule has 18 heavy (non-hydrogen) atoms. The molecule has 1 fully saturated rings. The Morgan fingerprint density at radius 2 is 1.67 bits per heavy atom. The van der Waals surface area contributed by atoms with Crippen LogP contribution in [0.25, 0.3) is 0 Å². The summed E-state index contributed by atoms with van der Waals surface area (Å²) in [4.78, 5) is 0. The Kier molecular flexibility index (Phi) is 3.90. The minimum Gasteiger partial charge on any atom is -0.400 e. The molecule has 0 aromatic heterocycles. The maximum atomic E-state index is 6.03. The van der Waals surface area contributed by atoms with Crippen LogP contribution in [0.1, 0.15) is 47.0 Å². The summed E-state index contributed by atoms with van der Waals surface area (Å²) in [5, 5.41) is 0. The van der Waals surface area contributed by atoms with E-state index in [-0.39, 0.29) is 18.3 Å². The van der Waals surface area contributed by atoms with Crippen LogP contribution in [0.2, 0.25) is 0 Å². The third kappa shape index (κ3) is 2.65. The van der Waals surface area contributed by atoms with Crippen LogP contribution >= 0.6 is 23.2 Å². The summed E-state index contributed by atoms with van der Waals surface area (Å²) in [6.45, 7) is 8.27. The van der Waals surface area contributed by atoms with Gasteiger partial charge < -0.3 is 9.31 Å². The molecule has 1 aliphatic heterocycles. The molecule has 0 saturated carbocycles. The van der Waals surface area contributed by atoms with E-state index < -0.39 is 0 Å². The molecule has 0 N–H and O–H groups in total. The van der Waals surface area contributed by atoms with Crippen LogP contribution in [0.3, 0.4) is 0 Å². The maximum absolute atomic E-state index is 6.03. The first-order valence-corrected chi connectivity index (χ1v) is 7.06. The van der Waals surface area contributed by atoms with Gasteiger partial charge in [-0.3, -0.25) is 0 Å². The zero-order valence-corrected chi connectivity index (χ0v) is 12.9. The Balaban J connectivity index is 2.11. The van der Waals surface area contributed by atoms with Crippen molar-refractivity contribution in [3.05, 3.63) is 21.6 Å². The molecule has 2 rings (SSSR count). The zero-order valence-electron chi connectivity index (χ0n) is 11.3. The molecule has 1 saturated heterocycles. The normalized spacial score (nSPS) is 26.2. The molecule has 0 unspecified atom stereocenters. The Bertz CT molecular complexity index is 393. The van der Waals surface area contributed by atoms with Gasteiger partial charge in [0, 0.05) is 0 Å². The molecule has 1 heterocycles. The van der Waals surface area contributed by atoms with Crippen LogP contribution in [0.15, 0.2) is 21.6 Å². The third-order valence-corrected chi connectivity index (χ3v) is 4.68. The average molecular weight is 289 g/mol. The summed E-state index contributed by atoms with van der Waals surface area (Å²) >= 11 is 11.6. The Morgan fingerprint density at radius 1 is 1.11 bits per heavy atom. The molecule has 0 spiro atoms. The van der Waals surface area contributed by atoms with Crippen molar-refractivity contribution in [1.29, 1.82) is 0 Å². The van der Waals surface area contributed by atoms with Crippen molar-refractivity contribution in [2.75, 3.05) is 0 Å². The largest absolute Gasteiger partial charge is 0.490 e. The summed E-state index contributed by atoms with van der Waals surface area (Å²) < 4.78 is 12.5. The monoisotopic (exact) mass is 288 g/mol. The Hall–Kier alpha value is 0.0449. The molecule has 1 aliphatic carbocycles. The van der Waals surface area contributed by atoms with Gasteiger partial charge in [0.1, 0.15) is 4.49 Å². The highest BCUT2D eigenvalue weighted by atomic mass is 35.5. The summed E-state index contributed by atoms with van der Waals surface area (Å²) in [5.74, 6) is 0. The van der Waals surface area contributed by atoms with Crippen LogP contribution in [-0.4, -0.2) is 18.3 Å². The molecule has 2 aliphatic rings. The maximum Gasteiger partial charge on any atom is 0.490 e. The van der Waals surface area contributed by atoms with Gasteiger partial charge in [0.2, 0.25) is 0 Å².